The van der Waals surface area contributed by atoms with Crippen molar-refractivity contribution in [2.75, 3.05) is 0 Å². The van der Waals surface area contributed by atoms with Crippen LogP contribution < -0.4 is 0 Å². The number of halogens is 2. The molecule has 0 amide bonds. The molecule has 0 atom stereocenters. The first-order valence-corrected chi connectivity index (χ1v) is 5.10. The van der Waals surface area contributed by atoms with E-state index in [4.69, 9.17) is 0 Å². The molecule has 1 heterocycles. The van der Waals surface area contributed by atoms with E-state index in [0.29, 0.717) is 10.0 Å². The van der Waals surface area contributed by atoms with Gasteiger partial charge < -0.3 is 4.98 Å². The number of carbonyl (C=O) groups is 1. The molecule has 2 nitrogen and oxygen atoms in total. The molecule has 76 valence electrons. The average molecular weight is 268 g/mol. The van der Waals surface area contributed by atoms with Gasteiger partial charge in [0.15, 0.2) is 5.78 Å². The Morgan fingerprint density at radius 3 is 2.80 bits per heavy atom. The lowest BCUT2D eigenvalue weighted by Gasteiger charge is -2.01. The Kier molecular flexibility index (Phi) is 2.68. The van der Waals surface area contributed by atoms with Crippen molar-refractivity contribution in [3.05, 3.63) is 58.1 Å². The van der Waals surface area contributed by atoms with Crippen LogP contribution in [0.15, 0.2) is 41.1 Å². The zero-order valence-electron chi connectivity index (χ0n) is 7.63. The standard InChI is InChI=1S/C11H7BrFNO/c12-8-1-2-10(13)9(5-8)11(15)7-3-4-14-6-7/h1-6,14H. The fourth-order valence-electron chi connectivity index (χ4n) is 1.29. The third-order valence-electron chi connectivity index (χ3n) is 2.03. The first-order valence-electron chi connectivity index (χ1n) is 4.31. The summed E-state index contributed by atoms with van der Waals surface area (Å²) in [6.45, 7) is 0. The van der Waals surface area contributed by atoms with Crippen LogP contribution in [0.3, 0.4) is 0 Å². The molecule has 2 rings (SSSR count). The molecule has 1 N–H and O–H groups in total. The van der Waals surface area contributed by atoms with E-state index >= 15 is 0 Å². The van der Waals surface area contributed by atoms with E-state index < -0.39 is 5.82 Å². The maximum Gasteiger partial charge on any atom is 0.197 e. The van der Waals surface area contributed by atoms with Crippen molar-refractivity contribution in [1.29, 1.82) is 0 Å². The van der Waals surface area contributed by atoms with Crippen LogP contribution in [0.25, 0.3) is 0 Å². The highest BCUT2D eigenvalue weighted by atomic mass is 79.9. The van der Waals surface area contributed by atoms with Crippen molar-refractivity contribution >= 4 is 21.7 Å². The van der Waals surface area contributed by atoms with Gasteiger partial charge in [0.1, 0.15) is 5.82 Å². The molecule has 1 aromatic carbocycles. The zero-order chi connectivity index (χ0) is 10.8. The number of benzene rings is 1. The van der Waals surface area contributed by atoms with Gasteiger partial charge in [0.25, 0.3) is 0 Å². The van der Waals surface area contributed by atoms with Gasteiger partial charge in [-0.1, -0.05) is 15.9 Å². The van der Waals surface area contributed by atoms with Crippen molar-refractivity contribution in [2.24, 2.45) is 0 Å². The van der Waals surface area contributed by atoms with E-state index in [1.54, 1.807) is 24.5 Å². The Bertz CT molecular complexity index is 493. The zero-order valence-corrected chi connectivity index (χ0v) is 9.21. The molecule has 0 fully saturated rings. The Balaban J connectivity index is 2.46. The second kappa shape index (κ2) is 3.98. The molecule has 0 aliphatic heterocycles. The minimum absolute atomic E-state index is 0.0731. The Hall–Kier alpha value is -1.42. The molecule has 2 aromatic rings. The fraction of sp³-hybridized carbons (Fsp3) is 0. The number of aromatic nitrogens is 1. The SMILES string of the molecule is O=C(c1cc[nH]c1)c1cc(Br)ccc1F. The normalized spacial score (nSPS) is 10.3. The van der Waals surface area contributed by atoms with Crippen LogP contribution in [-0.4, -0.2) is 10.8 Å². The second-order valence-electron chi connectivity index (χ2n) is 3.05. The molecule has 0 spiro atoms. The summed E-state index contributed by atoms with van der Waals surface area (Å²) >= 11 is 3.20. The molecule has 0 saturated carbocycles. The molecule has 0 bridgehead atoms. The minimum Gasteiger partial charge on any atom is -0.367 e. The lowest BCUT2D eigenvalue weighted by molar-refractivity contribution is 0.103. The molecule has 15 heavy (non-hydrogen) atoms. The van der Waals surface area contributed by atoms with Gasteiger partial charge in [-0.05, 0) is 24.3 Å². The number of aromatic amines is 1. The Labute approximate surface area is 94.3 Å². The van der Waals surface area contributed by atoms with E-state index in [9.17, 15) is 9.18 Å². The van der Waals surface area contributed by atoms with E-state index in [1.807, 2.05) is 0 Å². The summed E-state index contributed by atoms with van der Waals surface area (Å²) in [6, 6.07) is 5.92. The average Bonchev–Trinajstić information content (AvgIpc) is 2.74. The van der Waals surface area contributed by atoms with Crippen LogP contribution >= 0.6 is 15.9 Å². The number of ketones is 1. The highest BCUT2D eigenvalue weighted by molar-refractivity contribution is 9.10. The molecule has 0 unspecified atom stereocenters. The summed E-state index contributed by atoms with van der Waals surface area (Å²) in [5, 5.41) is 0. The van der Waals surface area contributed by atoms with Gasteiger partial charge >= 0.3 is 0 Å². The molecule has 1 aromatic heterocycles. The van der Waals surface area contributed by atoms with E-state index in [2.05, 4.69) is 20.9 Å². The van der Waals surface area contributed by atoms with Gasteiger partial charge in [0.2, 0.25) is 0 Å². The van der Waals surface area contributed by atoms with Gasteiger partial charge in [-0.25, -0.2) is 4.39 Å². The largest absolute Gasteiger partial charge is 0.367 e. The van der Waals surface area contributed by atoms with Crippen LogP contribution in [0.1, 0.15) is 15.9 Å². The summed E-state index contributed by atoms with van der Waals surface area (Å²) in [6.07, 6.45) is 3.17. The van der Waals surface area contributed by atoms with Crippen LogP contribution in [0, 0.1) is 5.82 Å². The first-order chi connectivity index (χ1) is 7.18. The fourth-order valence-corrected chi connectivity index (χ4v) is 1.65. The summed E-state index contributed by atoms with van der Waals surface area (Å²) in [7, 11) is 0. The minimum atomic E-state index is -0.510. The quantitative estimate of drug-likeness (QED) is 0.834. The summed E-state index contributed by atoms with van der Waals surface area (Å²) in [4.78, 5) is 14.6. The number of hydrogen-bond donors (Lipinski definition) is 1. The van der Waals surface area contributed by atoms with Crippen molar-refractivity contribution in [3.8, 4) is 0 Å². The molecule has 0 saturated heterocycles. The number of carbonyl (C=O) groups excluding carboxylic acids is 1. The van der Waals surface area contributed by atoms with Crippen LogP contribution in [0.5, 0.6) is 0 Å². The molecular formula is C11H7BrFNO. The monoisotopic (exact) mass is 267 g/mol. The number of nitrogens with one attached hydrogen (secondary N) is 1. The number of H-pyrrole nitrogens is 1. The molecule has 0 aliphatic carbocycles. The lowest BCUT2D eigenvalue weighted by atomic mass is 10.1. The highest BCUT2D eigenvalue weighted by Crippen LogP contribution is 2.18. The maximum atomic E-state index is 13.4. The smallest absolute Gasteiger partial charge is 0.197 e. The summed E-state index contributed by atoms with van der Waals surface area (Å²) in [5.74, 6) is -0.834. The highest BCUT2D eigenvalue weighted by Gasteiger charge is 2.14. The molecular weight excluding hydrogens is 261 g/mol. The second-order valence-corrected chi connectivity index (χ2v) is 3.97. The van der Waals surface area contributed by atoms with Gasteiger partial charge in [-0.2, -0.15) is 0 Å². The third-order valence-corrected chi connectivity index (χ3v) is 2.53. The van der Waals surface area contributed by atoms with Crippen molar-refractivity contribution in [3.63, 3.8) is 0 Å². The van der Waals surface area contributed by atoms with Crippen LogP contribution in [-0.2, 0) is 0 Å². The van der Waals surface area contributed by atoms with Gasteiger partial charge in [-0.15, -0.1) is 0 Å². The van der Waals surface area contributed by atoms with Gasteiger partial charge in [-0.3, -0.25) is 4.79 Å². The number of rotatable bonds is 2. The topological polar surface area (TPSA) is 32.9 Å². The Morgan fingerprint density at radius 2 is 2.13 bits per heavy atom. The predicted octanol–water partition coefficient (Wildman–Crippen LogP) is 3.15. The van der Waals surface area contributed by atoms with Crippen molar-refractivity contribution in [2.45, 2.75) is 0 Å². The van der Waals surface area contributed by atoms with E-state index in [1.165, 1.54) is 12.1 Å². The molecule has 0 radical (unpaired) electrons. The maximum absolute atomic E-state index is 13.4. The molecule has 0 aliphatic rings. The third kappa shape index (κ3) is 1.99. The Morgan fingerprint density at radius 1 is 1.33 bits per heavy atom. The van der Waals surface area contributed by atoms with Crippen molar-refractivity contribution < 1.29 is 9.18 Å². The van der Waals surface area contributed by atoms with Crippen LogP contribution in [0.2, 0.25) is 0 Å². The van der Waals surface area contributed by atoms with Crippen LogP contribution in [0.4, 0.5) is 4.39 Å². The summed E-state index contributed by atoms with van der Waals surface area (Å²) < 4.78 is 14.0. The lowest BCUT2D eigenvalue weighted by Crippen LogP contribution is -2.02. The van der Waals surface area contributed by atoms with Crippen molar-refractivity contribution in [1.82, 2.24) is 4.98 Å². The summed E-state index contributed by atoms with van der Waals surface area (Å²) in [5.41, 5.74) is 0.524. The van der Waals surface area contributed by atoms with E-state index in [0.717, 1.165) is 0 Å². The number of hydrogen-bond acceptors (Lipinski definition) is 1. The molecule has 4 heteroatoms. The van der Waals surface area contributed by atoms with Gasteiger partial charge in [0, 0.05) is 22.4 Å². The van der Waals surface area contributed by atoms with Gasteiger partial charge in [0.05, 0.1) is 5.56 Å². The van der Waals surface area contributed by atoms with E-state index in [-0.39, 0.29) is 11.3 Å². The first kappa shape index (κ1) is 10.1. The predicted molar refractivity (Wildman–Crippen MR) is 58.3 cm³/mol.